The third kappa shape index (κ3) is 4.20. The first-order chi connectivity index (χ1) is 14.2. The summed E-state index contributed by atoms with van der Waals surface area (Å²) in [6.07, 6.45) is 2.04. The first kappa shape index (κ1) is 19.3. The molecule has 5 heteroatoms. The van der Waals surface area contributed by atoms with Crippen LogP contribution in [0.1, 0.15) is 24.4 Å². The topological polar surface area (TPSA) is 50.8 Å². The average Bonchev–Trinajstić information content (AvgIpc) is 3.20. The van der Waals surface area contributed by atoms with Crippen molar-refractivity contribution in [2.45, 2.75) is 18.9 Å². The highest BCUT2D eigenvalue weighted by Crippen LogP contribution is 2.38. The zero-order valence-corrected chi connectivity index (χ0v) is 16.9. The number of rotatable bonds is 6. The number of carbonyl (C=O) groups excluding carboxylic acids is 1. The van der Waals surface area contributed by atoms with Crippen LogP contribution in [0.15, 0.2) is 60.7 Å². The molecule has 1 saturated heterocycles. The summed E-state index contributed by atoms with van der Waals surface area (Å²) in [6, 6.07) is 20.1. The molecule has 1 N–H and O–H groups in total. The van der Waals surface area contributed by atoms with E-state index in [9.17, 15) is 4.79 Å². The molecule has 5 nitrogen and oxygen atoms in total. The van der Waals surface area contributed by atoms with E-state index in [1.165, 1.54) is 0 Å². The minimum Gasteiger partial charge on any atom is -0.497 e. The molecule has 0 aliphatic carbocycles. The van der Waals surface area contributed by atoms with Gasteiger partial charge in [-0.1, -0.05) is 30.3 Å². The lowest BCUT2D eigenvalue weighted by Crippen LogP contribution is -2.33. The number of likely N-dealkylation sites (tertiary alicyclic amines) is 1. The van der Waals surface area contributed by atoms with E-state index in [1.54, 1.807) is 14.2 Å². The molecule has 1 fully saturated rings. The third-order valence-electron chi connectivity index (χ3n) is 5.54. The lowest BCUT2D eigenvalue weighted by molar-refractivity contribution is -0.117. The molecule has 0 saturated carbocycles. The van der Waals surface area contributed by atoms with Crippen LogP contribution >= 0.6 is 0 Å². The highest BCUT2D eigenvalue weighted by atomic mass is 16.5. The second-order valence-electron chi connectivity index (χ2n) is 7.35. The lowest BCUT2D eigenvalue weighted by Gasteiger charge is -2.26. The molecule has 150 valence electrons. The number of hydrogen-bond donors (Lipinski definition) is 1. The van der Waals surface area contributed by atoms with Crippen LogP contribution < -0.4 is 14.8 Å². The maximum atomic E-state index is 12.8. The van der Waals surface area contributed by atoms with Crippen LogP contribution in [0.3, 0.4) is 0 Å². The minimum atomic E-state index is -0.00551. The Labute approximate surface area is 171 Å². The summed E-state index contributed by atoms with van der Waals surface area (Å²) in [4.78, 5) is 15.0. The van der Waals surface area contributed by atoms with Crippen LogP contribution in [-0.4, -0.2) is 38.1 Å². The maximum Gasteiger partial charge on any atom is 0.238 e. The summed E-state index contributed by atoms with van der Waals surface area (Å²) in [6.45, 7) is 1.23. The van der Waals surface area contributed by atoms with Crippen LogP contribution in [-0.2, 0) is 4.79 Å². The fourth-order valence-corrected chi connectivity index (χ4v) is 4.12. The summed E-state index contributed by atoms with van der Waals surface area (Å²) in [5.41, 5.74) is 1.89. The molecule has 1 aliphatic rings. The molecule has 1 aliphatic heterocycles. The monoisotopic (exact) mass is 390 g/mol. The highest BCUT2D eigenvalue weighted by Gasteiger charge is 2.30. The van der Waals surface area contributed by atoms with Gasteiger partial charge in [0, 0.05) is 17.3 Å². The van der Waals surface area contributed by atoms with Gasteiger partial charge >= 0.3 is 0 Å². The van der Waals surface area contributed by atoms with Crippen LogP contribution in [0.2, 0.25) is 0 Å². The first-order valence-electron chi connectivity index (χ1n) is 9.92. The van der Waals surface area contributed by atoms with Crippen LogP contribution in [0.25, 0.3) is 10.8 Å². The van der Waals surface area contributed by atoms with Crippen molar-refractivity contribution >= 4 is 22.4 Å². The van der Waals surface area contributed by atoms with E-state index in [4.69, 9.17) is 9.47 Å². The average molecular weight is 390 g/mol. The standard InChI is InChI=1S/C24H26N2O3/c1-28-20-11-12-23(29-2)21(15-20)22-8-5-13-26(22)16-24(27)25-19-10-9-17-6-3-4-7-18(17)14-19/h3-4,6-7,9-12,14-15,22H,5,8,13,16H2,1-2H3,(H,25,27)/t22-/m1/s1. The van der Waals surface area contributed by atoms with E-state index in [-0.39, 0.29) is 11.9 Å². The Hall–Kier alpha value is -3.05. The van der Waals surface area contributed by atoms with E-state index in [0.717, 1.165) is 52.9 Å². The van der Waals surface area contributed by atoms with Gasteiger partial charge in [0.05, 0.1) is 20.8 Å². The number of benzene rings is 3. The number of nitrogens with one attached hydrogen (secondary N) is 1. The largest absolute Gasteiger partial charge is 0.497 e. The van der Waals surface area contributed by atoms with E-state index >= 15 is 0 Å². The van der Waals surface area contributed by atoms with Crippen molar-refractivity contribution in [3.05, 3.63) is 66.2 Å². The third-order valence-corrected chi connectivity index (χ3v) is 5.54. The van der Waals surface area contributed by atoms with Crippen molar-refractivity contribution in [3.8, 4) is 11.5 Å². The van der Waals surface area contributed by atoms with Gasteiger partial charge in [-0.3, -0.25) is 9.69 Å². The summed E-state index contributed by atoms with van der Waals surface area (Å²) in [5.74, 6) is 1.62. The van der Waals surface area contributed by atoms with Gasteiger partial charge in [0.2, 0.25) is 5.91 Å². The Bertz CT molecular complexity index is 1020. The Morgan fingerprint density at radius 3 is 2.66 bits per heavy atom. The number of methoxy groups -OCH3 is 2. The smallest absolute Gasteiger partial charge is 0.238 e. The Morgan fingerprint density at radius 2 is 1.86 bits per heavy atom. The van der Waals surface area contributed by atoms with Crippen LogP contribution in [0, 0.1) is 0 Å². The van der Waals surface area contributed by atoms with Gasteiger partial charge in [0.15, 0.2) is 0 Å². The van der Waals surface area contributed by atoms with Crippen LogP contribution in [0.4, 0.5) is 5.69 Å². The second-order valence-corrected chi connectivity index (χ2v) is 7.35. The zero-order chi connectivity index (χ0) is 20.2. The molecule has 4 rings (SSSR count). The van der Waals surface area contributed by atoms with Gasteiger partial charge in [-0.25, -0.2) is 0 Å². The quantitative estimate of drug-likeness (QED) is 0.667. The molecule has 0 aromatic heterocycles. The molecular formula is C24H26N2O3. The molecule has 3 aromatic carbocycles. The molecular weight excluding hydrogens is 364 g/mol. The van der Waals surface area contributed by atoms with Gasteiger partial charge in [0.25, 0.3) is 0 Å². The van der Waals surface area contributed by atoms with Gasteiger partial charge in [-0.05, 0) is 60.5 Å². The van der Waals surface area contributed by atoms with Crippen molar-refractivity contribution in [2.24, 2.45) is 0 Å². The van der Waals surface area contributed by atoms with Gasteiger partial charge < -0.3 is 14.8 Å². The Morgan fingerprint density at radius 1 is 1.03 bits per heavy atom. The van der Waals surface area contributed by atoms with Crippen molar-refractivity contribution in [2.75, 3.05) is 32.6 Å². The fraction of sp³-hybridized carbons (Fsp3) is 0.292. The fourth-order valence-electron chi connectivity index (χ4n) is 4.12. The molecule has 29 heavy (non-hydrogen) atoms. The molecule has 0 spiro atoms. The number of anilines is 1. The number of carbonyl (C=O) groups is 1. The Kier molecular flexibility index (Phi) is 5.67. The Balaban J connectivity index is 1.48. The predicted octanol–water partition coefficient (Wildman–Crippen LogP) is 4.63. The number of hydrogen-bond acceptors (Lipinski definition) is 4. The first-order valence-corrected chi connectivity index (χ1v) is 9.92. The highest BCUT2D eigenvalue weighted by molar-refractivity contribution is 5.95. The number of amides is 1. The van der Waals surface area contributed by atoms with E-state index < -0.39 is 0 Å². The van der Waals surface area contributed by atoms with Gasteiger partial charge in [-0.2, -0.15) is 0 Å². The molecule has 1 amide bonds. The lowest BCUT2D eigenvalue weighted by atomic mass is 10.0. The SMILES string of the molecule is COc1ccc(OC)c([C@H]2CCCN2CC(=O)Nc2ccc3ccccc3c2)c1. The molecule has 1 heterocycles. The number of ether oxygens (including phenoxy) is 2. The van der Waals surface area contributed by atoms with E-state index in [2.05, 4.69) is 22.3 Å². The molecule has 0 bridgehead atoms. The van der Waals surface area contributed by atoms with Crippen molar-refractivity contribution in [3.63, 3.8) is 0 Å². The summed E-state index contributed by atoms with van der Waals surface area (Å²) >= 11 is 0. The van der Waals surface area contributed by atoms with Crippen molar-refractivity contribution in [1.82, 2.24) is 4.90 Å². The summed E-state index contributed by atoms with van der Waals surface area (Å²) < 4.78 is 11.0. The number of fused-ring (bicyclic) bond motifs is 1. The van der Waals surface area contributed by atoms with Crippen molar-refractivity contribution in [1.29, 1.82) is 0 Å². The summed E-state index contributed by atoms with van der Waals surface area (Å²) in [7, 11) is 3.34. The van der Waals surface area contributed by atoms with Gasteiger partial charge in [-0.15, -0.1) is 0 Å². The van der Waals surface area contributed by atoms with Gasteiger partial charge in [0.1, 0.15) is 11.5 Å². The van der Waals surface area contributed by atoms with Crippen molar-refractivity contribution < 1.29 is 14.3 Å². The maximum absolute atomic E-state index is 12.8. The minimum absolute atomic E-state index is 0.00551. The summed E-state index contributed by atoms with van der Waals surface area (Å²) in [5, 5.41) is 5.33. The van der Waals surface area contributed by atoms with E-state index in [1.807, 2.05) is 48.5 Å². The normalized spacial score (nSPS) is 16.7. The molecule has 0 radical (unpaired) electrons. The van der Waals surface area contributed by atoms with E-state index in [0.29, 0.717) is 6.54 Å². The predicted molar refractivity (Wildman–Crippen MR) is 116 cm³/mol. The molecule has 3 aromatic rings. The second kappa shape index (κ2) is 8.53. The molecule has 0 unspecified atom stereocenters. The zero-order valence-electron chi connectivity index (χ0n) is 16.9. The molecule has 1 atom stereocenters. The number of nitrogens with zero attached hydrogens (tertiary/aromatic N) is 1. The van der Waals surface area contributed by atoms with Crippen LogP contribution in [0.5, 0.6) is 11.5 Å².